The van der Waals surface area contributed by atoms with E-state index in [0.717, 1.165) is 34.3 Å². The van der Waals surface area contributed by atoms with E-state index >= 15 is 0 Å². The number of oxazole rings is 1. The molecule has 0 amide bonds. The van der Waals surface area contributed by atoms with E-state index in [4.69, 9.17) is 9.40 Å². The van der Waals surface area contributed by atoms with Gasteiger partial charge in [0.15, 0.2) is 5.58 Å². The number of fused-ring (bicyclic) bond motifs is 4. The summed E-state index contributed by atoms with van der Waals surface area (Å²) in [6, 6.07) is 30.1. The van der Waals surface area contributed by atoms with Gasteiger partial charge in [-0.2, -0.15) is 0 Å². The molecule has 3 heteroatoms. The molecule has 1 atom stereocenters. The minimum absolute atomic E-state index is 0.513. The standard InChI is InChI=1S/C30H26N2O/c1-4-19(2)22-17-20(3)29-26(18-22)31-30(33-29)21-13-15-23(16-14-21)32-27-11-7-5-9-24(27)25-10-6-8-12-28(25)32/h5-19H,4H2,1-3H3. The summed E-state index contributed by atoms with van der Waals surface area (Å²) in [6.45, 7) is 6.58. The molecule has 0 radical (unpaired) electrons. The highest BCUT2D eigenvalue weighted by Gasteiger charge is 2.15. The average Bonchev–Trinajstić information content (AvgIpc) is 3.43. The zero-order valence-corrected chi connectivity index (χ0v) is 19.2. The Hall–Kier alpha value is -3.85. The maximum atomic E-state index is 6.21. The second-order valence-electron chi connectivity index (χ2n) is 8.93. The van der Waals surface area contributed by atoms with Crippen LogP contribution >= 0.6 is 0 Å². The molecule has 0 saturated carbocycles. The molecule has 33 heavy (non-hydrogen) atoms. The Morgan fingerprint density at radius 3 is 2.12 bits per heavy atom. The summed E-state index contributed by atoms with van der Waals surface area (Å²) in [5.74, 6) is 1.18. The van der Waals surface area contributed by atoms with Crippen LogP contribution in [0.3, 0.4) is 0 Å². The molecule has 162 valence electrons. The Kier molecular flexibility index (Phi) is 4.58. The van der Waals surface area contributed by atoms with Crippen molar-refractivity contribution in [1.82, 2.24) is 9.55 Å². The van der Waals surface area contributed by atoms with E-state index in [1.54, 1.807) is 0 Å². The van der Waals surface area contributed by atoms with E-state index in [1.807, 2.05) is 0 Å². The molecule has 2 heterocycles. The van der Waals surface area contributed by atoms with Crippen LogP contribution in [0, 0.1) is 6.92 Å². The summed E-state index contributed by atoms with van der Waals surface area (Å²) in [6.07, 6.45) is 1.11. The Morgan fingerprint density at radius 1 is 0.848 bits per heavy atom. The first kappa shape index (κ1) is 19.8. The fourth-order valence-electron chi connectivity index (χ4n) is 4.82. The number of aryl methyl sites for hydroxylation is 1. The van der Waals surface area contributed by atoms with Crippen molar-refractivity contribution in [3.8, 4) is 17.1 Å². The number of hydrogen-bond acceptors (Lipinski definition) is 2. The first-order valence-electron chi connectivity index (χ1n) is 11.6. The van der Waals surface area contributed by atoms with Crippen LogP contribution in [0.25, 0.3) is 50.0 Å². The van der Waals surface area contributed by atoms with Crippen LogP contribution in [0.2, 0.25) is 0 Å². The van der Waals surface area contributed by atoms with Crippen molar-refractivity contribution >= 4 is 32.9 Å². The normalized spacial score (nSPS) is 12.7. The van der Waals surface area contributed by atoms with Crippen LogP contribution in [0.1, 0.15) is 37.3 Å². The van der Waals surface area contributed by atoms with Crippen LogP contribution < -0.4 is 0 Å². The van der Waals surface area contributed by atoms with Crippen LogP contribution in [0.4, 0.5) is 0 Å². The molecule has 1 unspecified atom stereocenters. The number of rotatable bonds is 4. The van der Waals surface area contributed by atoms with Crippen molar-refractivity contribution < 1.29 is 4.42 Å². The molecular formula is C30H26N2O. The first-order chi connectivity index (χ1) is 16.1. The molecule has 0 N–H and O–H groups in total. The van der Waals surface area contributed by atoms with E-state index < -0.39 is 0 Å². The van der Waals surface area contributed by atoms with E-state index in [9.17, 15) is 0 Å². The predicted molar refractivity (Wildman–Crippen MR) is 137 cm³/mol. The Bertz CT molecular complexity index is 1570. The Labute approximate surface area is 193 Å². The summed E-state index contributed by atoms with van der Waals surface area (Å²) in [5, 5.41) is 2.53. The molecule has 0 bridgehead atoms. The van der Waals surface area contributed by atoms with Crippen LogP contribution in [0.5, 0.6) is 0 Å². The maximum Gasteiger partial charge on any atom is 0.227 e. The van der Waals surface area contributed by atoms with Crippen molar-refractivity contribution in [2.24, 2.45) is 0 Å². The number of hydrogen-bond donors (Lipinski definition) is 0. The fourth-order valence-corrected chi connectivity index (χ4v) is 4.82. The molecule has 4 aromatic carbocycles. The van der Waals surface area contributed by atoms with Gasteiger partial charge < -0.3 is 8.98 Å². The van der Waals surface area contributed by atoms with E-state index in [2.05, 4.69) is 110 Å². The molecule has 0 spiro atoms. The van der Waals surface area contributed by atoms with Crippen molar-refractivity contribution in [2.75, 3.05) is 0 Å². The number of nitrogens with zero attached hydrogens (tertiary/aromatic N) is 2. The summed E-state index contributed by atoms with van der Waals surface area (Å²) in [7, 11) is 0. The summed E-state index contributed by atoms with van der Waals surface area (Å²) in [5.41, 5.74) is 8.81. The van der Waals surface area contributed by atoms with E-state index in [0.29, 0.717) is 11.8 Å². The Morgan fingerprint density at radius 2 is 1.48 bits per heavy atom. The molecule has 0 aliphatic carbocycles. The molecule has 0 aliphatic rings. The van der Waals surface area contributed by atoms with Crippen LogP contribution in [0.15, 0.2) is 89.3 Å². The number of benzene rings is 4. The van der Waals surface area contributed by atoms with Gasteiger partial charge in [-0.1, -0.05) is 56.3 Å². The SMILES string of the molecule is CCC(C)c1cc(C)c2oc(-c3ccc(-n4c5ccccc5c5ccccc54)cc3)nc2c1. The highest BCUT2D eigenvalue weighted by Crippen LogP contribution is 2.34. The summed E-state index contributed by atoms with van der Waals surface area (Å²) >= 11 is 0. The largest absolute Gasteiger partial charge is 0.436 e. The third-order valence-electron chi connectivity index (χ3n) is 6.83. The lowest BCUT2D eigenvalue weighted by Crippen LogP contribution is -1.93. The van der Waals surface area contributed by atoms with Crippen LogP contribution in [-0.2, 0) is 0 Å². The first-order valence-corrected chi connectivity index (χ1v) is 11.6. The zero-order valence-electron chi connectivity index (χ0n) is 19.2. The Balaban J connectivity index is 1.45. The van der Waals surface area contributed by atoms with E-state index in [1.165, 1.54) is 27.4 Å². The van der Waals surface area contributed by atoms with Crippen molar-refractivity contribution in [2.45, 2.75) is 33.1 Å². The average molecular weight is 431 g/mol. The molecule has 3 nitrogen and oxygen atoms in total. The highest BCUT2D eigenvalue weighted by molar-refractivity contribution is 6.09. The quantitative estimate of drug-likeness (QED) is 0.281. The number of para-hydroxylation sites is 2. The second kappa shape index (κ2) is 7.63. The molecule has 2 aromatic heterocycles. The number of aromatic nitrogens is 2. The van der Waals surface area contributed by atoms with Gasteiger partial charge >= 0.3 is 0 Å². The molecule has 6 aromatic rings. The third kappa shape index (κ3) is 3.15. The maximum absolute atomic E-state index is 6.21. The molecule has 0 aliphatic heterocycles. The lowest BCUT2D eigenvalue weighted by atomic mass is 9.96. The van der Waals surface area contributed by atoms with Crippen molar-refractivity contribution in [3.63, 3.8) is 0 Å². The smallest absolute Gasteiger partial charge is 0.227 e. The topological polar surface area (TPSA) is 31.0 Å². The van der Waals surface area contributed by atoms with Gasteiger partial charge in [-0.3, -0.25) is 0 Å². The van der Waals surface area contributed by atoms with Crippen LogP contribution in [-0.4, -0.2) is 9.55 Å². The van der Waals surface area contributed by atoms with Gasteiger partial charge in [-0.05, 0) is 72.9 Å². The van der Waals surface area contributed by atoms with Crippen molar-refractivity contribution in [3.05, 3.63) is 96.1 Å². The van der Waals surface area contributed by atoms with Gasteiger partial charge in [0.05, 0.1) is 11.0 Å². The lowest BCUT2D eigenvalue weighted by Gasteiger charge is -2.09. The zero-order chi connectivity index (χ0) is 22.5. The molecule has 6 rings (SSSR count). The predicted octanol–water partition coefficient (Wildman–Crippen LogP) is 8.41. The van der Waals surface area contributed by atoms with Gasteiger partial charge in [0.2, 0.25) is 5.89 Å². The monoisotopic (exact) mass is 430 g/mol. The third-order valence-corrected chi connectivity index (χ3v) is 6.83. The molecular weight excluding hydrogens is 404 g/mol. The minimum atomic E-state index is 0.513. The van der Waals surface area contributed by atoms with Gasteiger partial charge in [-0.15, -0.1) is 0 Å². The van der Waals surface area contributed by atoms with Gasteiger partial charge in [-0.25, -0.2) is 4.98 Å². The summed E-state index contributed by atoms with van der Waals surface area (Å²) in [4.78, 5) is 4.84. The highest BCUT2D eigenvalue weighted by atomic mass is 16.3. The van der Waals surface area contributed by atoms with Gasteiger partial charge in [0, 0.05) is 22.0 Å². The second-order valence-corrected chi connectivity index (χ2v) is 8.93. The van der Waals surface area contributed by atoms with E-state index in [-0.39, 0.29) is 0 Å². The molecule has 0 saturated heterocycles. The lowest BCUT2D eigenvalue weighted by molar-refractivity contribution is 0.617. The van der Waals surface area contributed by atoms with Gasteiger partial charge in [0.1, 0.15) is 5.52 Å². The van der Waals surface area contributed by atoms with Gasteiger partial charge in [0.25, 0.3) is 0 Å². The summed E-state index contributed by atoms with van der Waals surface area (Å²) < 4.78 is 8.53. The minimum Gasteiger partial charge on any atom is -0.436 e. The van der Waals surface area contributed by atoms with Crippen molar-refractivity contribution in [1.29, 1.82) is 0 Å². The molecule has 0 fully saturated rings. The fraction of sp³-hybridized carbons (Fsp3) is 0.167.